The molecule has 0 saturated carbocycles. The first-order valence-electron chi connectivity index (χ1n) is 8.49. The van der Waals surface area contributed by atoms with E-state index in [0.29, 0.717) is 41.3 Å². The van der Waals surface area contributed by atoms with E-state index < -0.39 is 10.0 Å². The third-order valence-electron chi connectivity index (χ3n) is 4.52. The zero-order valence-corrected chi connectivity index (χ0v) is 16.4. The Bertz CT molecular complexity index is 939. The van der Waals surface area contributed by atoms with Gasteiger partial charge in [0, 0.05) is 23.7 Å². The van der Waals surface area contributed by atoms with Crippen LogP contribution in [0.15, 0.2) is 42.5 Å². The molecule has 0 spiro atoms. The first-order chi connectivity index (χ1) is 12.7. The van der Waals surface area contributed by atoms with Crippen LogP contribution < -0.4 is 4.72 Å². The van der Waals surface area contributed by atoms with Gasteiger partial charge in [0.2, 0.25) is 15.9 Å². The first-order valence-corrected chi connectivity index (χ1v) is 10.8. The number of carbonyl (C=O) groups is 1. The van der Waals surface area contributed by atoms with Crippen molar-refractivity contribution in [2.24, 2.45) is 5.92 Å². The van der Waals surface area contributed by atoms with Gasteiger partial charge >= 0.3 is 0 Å². The molecule has 3 rings (SSSR count). The van der Waals surface area contributed by atoms with Crippen molar-refractivity contribution >= 4 is 33.2 Å². The van der Waals surface area contributed by atoms with Gasteiger partial charge in [-0.15, -0.1) is 0 Å². The molecular formula is C19H20ClFN2O3S. The smallest absolute Gasteiger partial charge is 0.229 e. The average molecular weight is 411 g/mol. The monoisotopic (exact) mass is 410 g/mol. The molecule has 8 heteroatoms. The van der Waals surface area contributed by atoms with E-state index in [1.54, 1.807) is 41.3 Å². The standard InChI is InChI=1S/C19H20ClFN2O3S/c1-27(25,26)22-18-8-3-2-5-14(18)10-19(24)23-11-13(12-23)9-15-16(20)6-4-7-17(15)21/h2-8,13,22H,9-12H2,1H3. The zero-order chi connectivity index (χ0) is 19.6. The number of benzene rings is 2. The second-order valence-corrected chi connectivity index (χ2v) is 8.93. The maximum Gasteiger partial charge on any atom is 0.229 e. The van der Waals surface area contributed by atoms with Crippen molar-refractivity contribution in [3.05, 3.63) is 64.4 Å². The summed E-state index contributed by atoms with van der Waals surface area (Å²) in [6.45, 7) is 1.07. The lowest BCUT2D eigenvalue weighted by Gasteiger charge is -2.39. The van der Waals surface area contributed by atoms with Gasteiger partial charge in [-0.3, -0.25) is 9.52 Å². The number of rotatable bonds is 6. The summed E-state index contributed by atoms with van der Waals surface area (Å²) >= 11 is 6.05. The van der Waals surface area contributed by atoms with E-state index in [2.05, 4.69) is 4.72 Å². The maximum absolute atomic E-state index is 13.9. The summed E-state index contributed by atoms with van der Waals surface area (Å²) in [6.07, 6.45) is 1.66. The molecule has 0 atom stereocenters. The van der Waals surface area contributed by atoms with E-state index >= 15 is 0 Å². The van der Waals surface area contributed by atoms with E-state index in [1.807, 2.05) is 0 Å². The lowest BCUT2D eigenvalue weighted by atomic mass is 9.91. The van der Waals surface area contributed by atoms with E-state index in [9.17, 15) is 17.6 Å². The maximum atomic E-state index is 13.9. The van der Waals surface area contributed by atoms with Crippen LogP contribution in [0.4, 0.5) is 10.1 Å². The number of nitrogens with one attached hydrogen (secondary N) is 1. The molecule has 1 saturated heterocycles. The predicted molar refractivity (Wildman–Crippen MR) is 104 cm³/mol. The van der Waals surface area contributed by atoms with Gasteiger partial charge in [0.05, 0.1) is 18.4 Å². The van der Waals surface area contributed by atoms with Gasteiger partial charge in [0.25, 0.3) is 0 Å². The number of anilines is 1. The molecule has 5 nitrogen and oxygen atoms in total. The van der Waals surface area contributed by atoms with E-state index in [-0.39, 0.29) is 24.1 Å². The normalized spacial score (nSPS) is 14.7. The molecule has 2 aromatic rings. The molecule has 1 aliphatic heterocycles. The van der Waals surface area contributed by atoms with E-state index in [0.717, 1.165) is 6.26 Å². The summed E-state index contributed by atoms with van der Waals surface area (Å²) in [5.74, 6) is -0.255. The van der Waals surface area contributed by atoms with Crippen LogP contribution in [0.2, 0.25) is 5.02 Å². The summed E-state index contributed by atoms with van der Waals surface area (Å²) in [6, 6.07) is 11.4. The van der Waals surface area contributed by atoms with Crippen molar-refractivity contribution < 1.29 is 17.6 Å². The van der Waals surface area contributed by atoms with Gasteiger partial charge in [-0.05, 0) is 36.1 Å². The predicted octanol–water partition coefficient (Wildman–Crippen LogP) is 3.09. The molecule has 1 heterocycles. The Morgan fingerprint density at radius 2 is 1.93 bits per heavy atom. The molecule has 1 aliphatic rings. The number of hydrogen-bond acceptors (Lipinski definition) is 3. The minimum atomic E-state index is -3.42. The molecule has 144 valence electrons. The Labute approximate surface area is 163 Å². The number of sulfonamides is 1. The first kappa shape index (κ1) is 19.6. The Morgan fingerprint density at radius 3 is 2.59 bits per heavy atom. The van der Waals surface area contributed by atoms with Gasteiger partial charge in [0.1, 0.15) is 5.82 Å². The van der Waals surface area contributed by atoms with Crippen LogP contribution in [-0.2, 0) is 27.7 Å². The number of halogens is 2. The molecule has 0 unspecified atom stereocenters. The number of likely N-dealkylation sites (tertiary alicyclic amines) is 1. The molecule has 0 radical (unpaired) electrons. The summed E-state index contributed by atoms with van der Waals surface area (Å²) in [4.78, 5) is 14.2. The Kier molecular flexibility index (Phi) is 5.72. The largest absolute Gasteiger partial charge is 0.342 e. The molecule has 1 N–H and O–H groups in total. The minimum absolute atomic E-state index is 0.0892. The molecular weight excluding hydrogens is 391 g/mol. The highest BCUT2D eigenvalue weighted by Gasteiger charge is 2.31. The van der Waals surface area contributed by atoms with Crippen molar-refractivity contribution in [3.63, 3.8) is 0 Å². The van der Waals surface area contributed by atoms with Crippen LogP contribution in [0.3, 0.4) is 0 Å². The van der Waals surface area contributed by atoms with Crippen LogP contribution in [0.1, 0.15) is 11.1 Å². The van der Waals surface area contributed by atoms with Crippen LogP contribution in [-0.4, -0.2) is 38.6 Å². The number of carbonyl (C=O) groups excluding carboxylic acids is 1. The van der Waals surface area contributed by atoms with Crippen molar-refractivity contribution in [2.45, 2.75) is 12.8 Å². The molecule has 2 aromatic carbocycles. The number of hydrogen-bond donors (Lipinski definition) is 1. The fourth-order valence-corrected chi connectivity index (χ4v) is 4.01. The summed E-state index contributed by atoms with van der Waals surface area (Å²) in [5.41, 5.74) is 1.51. The topological polar surface area (TPSA) is 66.5 Å². The van der Waals surface area contributed by atoms with Crippen molar-refractivity contribution in [1.82, 2.24) is 4.90 Å². The minimum Gasteiger partial charge on any atom is -0.342 e. The number of nitrogens with zero attached hydrogens (tertiary/aromatic N) is 1. The number of amides is 1. The fourth-order valence-electron chi connectivity index (χ4n) is 3.17. The van der Waals surface area contributed by atoms with Gasteiger partial charge < -0.3 is 4.90 Å². The number of para-hydroxylation sites is 1. The molecule has 27 heavy (non-hydrogen) atoms. The van der Waals surface area contributed by atoms with E-state index in [1.165, 1.54) is 6.07 Å². The van der Waals surface area contributed by atoms with Crippen LogP contribution in [0.25, 0.3) is 0 Å². The van der Waals surface area contributed by atoms with Crippen molar-refractivity contribution in [1.29, 1.82) is 0 Å². The Balaban J connectivity index is 1.59. The lowest BCUT2D eigenvalue weighted by molar-refractivity contribution is -0.136. The zero-order valence-electron chi connectivity index (χ0n) is 14.8. The average Bonchev–Trinajstić information content (AvgIpc) is 2.53. The quantitative estimate of drug-likeness (QED) is 0.795. The molecule has 0 aliphatic carbocycles. The Morgan fingerprint density at radius 1 is 1.22 bits per heavy atom. The van der Waals surface area contributed by atoms with Crippen LogP contribution in [0, 0.1) is 11.7 Å². The molecule has 0 aromatic heterocycles. The highest BCUT2D eigenvalue weighted by molar-refractivity contribution is 7.92. The third-order valence-corrected chi connectivity index (χ3v) is 5.46. The summed E-state index contributed by atoms with van der Waals surface area (Å²) < 4.78 is 39.2. The van der Waals surface area contributed by atoms with Gasteiger partial charge in [-0.1, -0.05) is 35.9 Å². The molecule has 0 bridgehead atoms. The van der Waals surface area contributed by atoms with E-state index in [4.69, 9.17) is 11.6 Å². The highest BCUT2D eigenvalue weighted by Crippen LogP contribution is 2.27. The Hall–Kier alpha value is -2.12. The van der Waals surface area contributed by atoms with Crippen LogP contribution in [0.5, 0.6) is 0 Å². The third kappa shape index (κ3) is 4.99. The van der Waals surface area contributed by atoms with Gasteiger partial charge in [0.15, 0.2) is 0 Å². The SMILES string of the molecule is CS(=O)(=O)Nc1ccccc1CC(=O)N1CC(Cc2c(F)cccc2Cl)C1. The lowest BCUT2D eigenvalue weighted by Crippen LogP contribution is -2.51. The van der Waals surface area contributed by atoms with Crippen molar-refractivity contribution in [3.8, 4) is 0 Å². The summed E-state index contributed by atoms with van der Waals surface area (Å²) in [7, 11) is -3.42. The van der Waals surface area contributed by atoms with Crippen molar-refractivity contribution in [2.75, 3.05) is 24.1 Å². The van der Waals surface area contributed by atoms with Gasteiger partial charge in [-0.25, -0.2) is 12.8 Å². The molecule has 1 fully saturated rings. The summed E-state index contributed by atoms with van der Waals surface area (Å²) in [5, 5.41) is 0.403. The fraction of sp³-hybridized carbons (Fsp3) is 0.316. The van der Waals surface area contributed by atoms with Crippen LogP contribution >= 0.6 is 11.6 Å². The molecule has 1 amide bonds. The highest BCUT2D eigenvalue weighted by atomic mass is 35.5. The second-order valence-electron chi connectivity index (χ2n) is 6.78. The second kappa shape index (κ2) is 7.86. The van der Waals surface area contributed by atoms with Gasteiger partial charge in [-0.2, -0.15) is 0 Å².